The Bertz CT molecular complexity index is 1170. The number of amides is 1. The molecule has 0 saturated heterocycles. The van der Waals surface area contributed by atoms with Gasteiger partial charge in [0.1, 0.15) is 23.9 Å². The minimum Gasteiger partial charge on any atom is -0.492 e. The van der Waals surface area contributed by atoms with Crippen LogP contribution < -0.4 is 14.8 Å². The number of imidazole rings is 1. The maximum atomic E-state index is 12.5. The summed E-state index contributed by atoms with van der Waals surface area (Å²) in [5.41, 5.74) is 3.09. The van der Waals surface area contributed by atoms with Gasteiger partial charge in [0, 0.05) is 0 Å². The molecule has 1 heterocycles. The van der Waals surface area contributed by atoms with Gasteiger partial charge in [-0.2, -0.15) is 0 Å². The fourth-order valence-corrected chi connectivity index (χ4v) is 3.56. The number of hydrogen-bond acceptors (Lipinski definition) is 4. The summed E-state index contributed by atoms with van der Waals surface area (Å²) in [7, 11) is 0. The lowest BCUT2D eigenvalue weighted by Crippen LogP contribution is -2.33. The molecule has 0 fully saturated rings. The number of nitrogens with one attached hydrogen (secondary N) is 1. The van der Waals surface area contributed by atoms with Crippen LogP contribution in [0.3, 0.4) is 0 Å². The van der Waals surface area contributed by atoms with Gasteiger partial charge in [0.05, 0.1) is 23.6 Å². The molecule has 0 spiro atoms. The van der Waals surface area contributed by atoms with Crippen molar-refractivity contribution in [1.82, 2.24) is 14.9 Å². The molecule has 0 bridgehead atoms. The topological polar surface area (TPSA) is 65.4 Å². The molecule has 6 heteroatoms. The zero-order valence-corrected chi connectivity index (χ0v) is 18.3. The van der Waals surface area contributed by atoms with Crippen LogP contribution in [0.25, 0.3) is 11.0 Å². The van der Waals surface area contributed by atoms with Gasteiger partial charge in [-0.3, -0.25) is 4.79 Å². The molecule has 1 N–H and O–H groups in total. The van der Waals surface area contributed by atoms with E-state index in [1.165, 1.54) is 5.56 Å². The van der Waals surface area contributed by atoms with E-state index in [2.05, 4.69) is 9.88 Å². The zero-order chi connectivity index (χ0) is 22.3. The Morgan fingerprint density at radius 3 is 2.41 bits per heavy atom. The van der Waals surface area contributed by atoms with Crippen LogP contribution >= 0.6 is 0 Å². The summed E-state index contributed by atoms with van der Waals surface area (Å²) < 4.78 is 13.6. The van der Waals surface area contributed by atoms with Crippen molar-refractivity contribution in [2.45, 2.75) is 26.4 Å². The van der Waals surface area contributed by atoms with Crippen molar-refractivity contribution >= 4 is 16.9 Å². The van der Waals surface area contributed by atoms with Crippen LogP contribution in [-0.4, -0.2) is 28.7 Å². The number of aryl methyl sites for hydroxylation is 1. The lowest BCUT2D eigenvalue weighted by atomic mass is 10.2. The number of carbonyl (C=O) groups excluding carboxylic acids is 1. The minimum absolute atomic E-state index is 0.0505. The predicted octanol–water partition coefficient (Wildman–Crippen LogP) is 4.68. The summed E-state index contributed by atoms with van der Waals surface area (Å²) in [6.07, 6.45) is 0. The van der Waals surface area contributed by atoms with Crippen molar-refractivity contribution in [3.05, 3.63) is 90.3 Å². The molecule has 4 aromatic rings. The molecule has 0 aliphatic rings. The monoisotopic (exact) mass is 429 g/mol. The van der Waals surface area contributed by atoms with Gasteiger partial charge < -0.3 is 19.4 Å². The second kappa shape index (κ2) is 10.0. The fraction of sp³-hybridized carbons (Fsp3) is 0.231. The van der Waals surface area contributed by atoms with Gasteiger partial charge in [0.15, 0.2) is 6.61 Å². The molecule has 3 aromatic carbocycles. The predicted molar refractivity (Wildman–Crippen MR) is 125 cm³/mol. The third kappa shape index (κ3) is 5.27. The molecule has 1 unspecified atom stereocenters. The molecule has 164 valence electrons. The highest BCUT2D eigenvalue weighted by molar-refractivity contribution is 5.79. The van der Waals surface area contributed by atoms with E-state index in [0.717, 1.165) is 22.6 Å². The molecular weight excluding hydrogens is 402 g/mol. The lowest BCUT2D eigenvalue weighted by Gasteiger charge is -2.17. The van der Waals surface area contributed by atoms with Crippen LogP contribution in [-0.2, 0) is 11.3 Å². The minimum atomic E-state index is -0.284. The van der Waals surface area contributed by atoms with Crippen LogP contribution in [0.15, 0.2) is 78.9 Å². The molecule has 1 amide bonds. The van der Waals surface area contributed by atoms with Crippen molar-refractivity contribution < 1.29 is 14.3 Å². The average molecular weight is 430 g/mol. The zero-order valence-electron chi connectivity index (χ0n) is 18.3. The molecule has 0 aliphatic heterocycles. The summed E-state index contributed by atoms with van der Waals surface area (Å²) >= 11 is 0. The normalized spacial score (nSPS) is 11.8. The summed E-state index contributed by atoms with van der Waals surface area (Å²) in [5, 5.41) is 2.99. The smallest absolute Gasteiger partial charge is 0.258 e. The van der Waals surface area contributed by atoms with Crippen molar-refractivity contribution in [1.29, 1.82) is 0 Å². The van der Waals surface area contributed by atoms with Gasteiger partial charge in [-0.15, -0.1) is 0 Å². The van der Waals surface area contributed by atoms with Crippen LogP contribution in [0, 0.1) is 6.92 Å². The van der Waals surface area contributed by atoms with E-state index in [-0.39, 0.29) is 18.6 Å². The van der Waals surface area contributed by atoms with Gasteiger partial charge >= 0.3 is 0 Å². The quantitative estimate of drug-likeness (QED) is 0.420. The maximum Gasteiger partial charge on any atom is 0.258 e. The second-order valence-corrected chi connectivity index (χ2v) is 7.66. The summed E-state index contributed by atoms with van der Waals surface area (Å²) in [4.78, 5) is 17.2. The largest absolute Gasteiger partial charge is 0.492 e. The Morgan fingerprint density at radius 1 is 0.938 bits per heavy atom. The van der Waals surface area contributed by atoms with E-state index in [1.807, 2.05) is 92.7 Å². The molecule has 0 aliphatic carbocycles. The Hall–Kier alpha value is -3.80. The Labute approximate surface area is 187 Å². The van der Waals surface area contributed by atoms with Gasteiger partial charge in [-0.05, 0) is 50.2 Å². The lowest BCUT2D eigenvalue weighted by molar-refractivity contribution is -0.123. The van der Waals surface area contributed by atoms with E-state index in [4.69, 9.17) is 14.5 Å². The fourth-order valence-electron chi connectivity index (χ4n) is 3.56. The van der Waals surface area contributed by atoms with Crippen molar-refractivity contribution in [3.63, 3.8) is 0 Å². The Morgan fingerprint density at radius 2 is 1.62 bits per heavy atom. The van der Waals surface area contributed by atoms with E-state index in [0.29, 0.717) is 18.9 Å². The molecule has 1 aromatic heterocycles. The number of ether oxygens (including phenoxy) is 2. The highest BCUT2D eigenvalue weighted by Crippen LogP contribution is 2.21. The Kier molecular flexibility index (Phi) is 6.70. The number of carbonyl (C=O) groups is 1. The average Bonchev–Trinajstić information content (AvgIpc) is 3.18. The van der Waals surface area contributed by atoms with Crippen LogP contribution in [0.4, 0.5) is 0 Å². The first-order chi connectivity index (χ1) is 15.6. The van der Waals surface area contributed by atoms with E-state index >= 15 is 0 Å². The van der Waals surface area contributed by atoms with Crippen LogP contribution in [0.5, 0.6) is 11.5 Å². The number of hydrogen-bond donors (Lipinski definition) is 1. The SMILES string of the molecule is Cc1ccc(OCCn2c(C(C)NC(=O)COc3ccccc3)nc3ccccc32)cc1. The van der Waals surface area contributed by atoms with E-state index in [9.17, 15) is 4.79 Å². The third-order valence-electron chi connectivity index (χ3n) is 5.17. The molecule has 32 heavy (non-hydrogen) atoms. The molecule has 0 saturated carbocycles. The van der Waals surface area contributed by atoms with E-state index < -0.39 is 0 Å². The summed E-state index contributed by atoms with van der Waals surface area (Å²) in [6, 6.07) is 25.0. The first-order valence-corrected chi connectivity index (χ1v) is 10.7. The molecule has 4 rings (SSSR count). The van der Waals surface area contributed by atoms with Crippen molar-refractivity contribution in [2.75, 3.05) is 13.2 Å². The molecule has 0 radical (unpaired) electrons. The molecular formula is C26H27N3O3. The first kappa shape index (κ1) is 21.4. The van der Waals surface area contributed by atoms with Crippen LogP contribution in [0.2, 0.25) is 0 Å². The number of para-hydroxylation sites is 3. The highest BCUT2D eigenvalue weighted by Gasteiger charge is 2.18. The van der Waals surface area contributed by atoms with Gasteiger partial charge in [0.25, 0.3) is 5.91 Å². The van der Waals surface area contributed by atoms with Crippen molar-refractivity contribution in [2.24, 2.45) is 0 Å². The first-order valence-electron chi connectivity index (χ1n) is 10.7. The second-order valence-electron chi connectivity index (χ2n) is 7.66. The summed E-state index contributed by atoms with van der Waals surface area (Å²) in [6.45, 7) is 5.04. The number of rotatable bonds is 9. The third-order valence-corrected chi connectivity index (χ3v) is 5.17. The van der Waals surface area contributed by atoms with Crippen LogP contribution in [0.1, 0.15) is 24.4 Å². The standard InChI is InChI=1S/C26H27N3O3/c1-19-12-14-22(15-13-19)31-17-16-29-24-11-7-6-10-23(24)28-26(29)20(2)27-25(30)18-32-21-8-4-3-5-9-21/h3-15,20H,16-18H2,1-2H3,(H,27,30). The molecule has 6 nitrogen and oxygen atoms in total. The number of nitrogens with zero attached hydrogens (tertiary/aromatic N) is 2. The van der Waals surface area contributed by atoms with E-state index in [1.54, 1.807) is 0 Å². The summed E-state index contributed by atoms with van der Waals surface area (Å²) in [5.74, 6) is 2.08. The van der Waals surface area contributed by atoms with Crippen molar-refractivity contribution in [3.8, 4) is 11.5 Å². The number of fused-ring (bicyclic) bond motifs is 1. The van der Waals surface area contributed by atoms with Gasteiger partial charge in [-0.25, -0.2) is 4.98 Å². The molecule has 1 atom stereocenters. The maximum absolute atomic E-state index is 12.5. The number of aromatic nitrogens is 2. The van der Waals surface area contributed by atoms with Gasteiger partial charge in [-0.1, -0.05) is 48.0 Å². The van der Waals surface area contributed by atoms with Gasteiger partial charge in [0.2, 0.25) is 0 Å². The highest BCUT2D eigenvalue weighted by atomic mass is 16.5. The Balaban J connectivity index is 1.43. The number of benzene rings is 3.